The van der Waals surface area contributed by atoms with Gasteiger partial charge < -0.3 is 4.42 Å². The Kier molecular flexibility index (Phi) is 6.20. The van der Waals surface area contributed by atoms with Gasteiger partial charge in [0.2, 0.25) is 0 Å². The molecule has 0 aliphatic rings. The van der Waals surface area contributed by atoms with Gasteiger partial charge in [0, 0.05) is 0 Å². The zero-order chi connectivity index (χ0) is 11.0. The Morgan fingerprint density at radius 2 is 1.71 bits per heavy atom. The smallest absolute Gasteiger partial charge is 0.408 e. The molecule has 0 amide bonds. The van der Waals surface area contributed by atoms with Crippen molar-refractivity contribution in [1.29, 1.82) is 0 Å². The molecule has 1 N–H and O–H groups in total. The summed E-state index contributed by atoms with van der Waals surface area (Å²) in [6.45, 7) is 7.75. The molecule has 14 heavy (non-hydrogen) atoms. The molecule has 0 spiro atoms. The van der Waals surface area contributed by atoms with Gasteiger partial charge in [0.25, 0.3) is 0 Å². The summed E-state index contributed by atoms with van der Waals surface area (Å²) in [5.41, 5.74) is 0.709. The quantitative estimate of drug-likeness (QED) is 0.788. The van der Waals surface area contributed by atoms with Crippen LogP contribution in [0.25, 0.3) is 12.2 Å². The average molecular weight is 195 g/mol. The highest BCUT2D eigenvalue weighted by Gasteiger charge is 2.01. The molecule has 0 bridgehead atoms. The van der Waals surface area contributed by atoms with Gasteiger partial charge in [-0.2, -0.15) is 0 Å². The average Bonchev–Trinajstić information content (AvgIpc) is 2.51. The van der Waals surface area contributed by atoms with E-state index in [9.17, 15) is 4.79 Å². The molecule has 1 aromatic rings. The molecule has 0 aromatic carbocycles. The zero-order valence-electron chi connectivity index (χ0n) is 9.13. The van der Waals surface area contributed by atoms with Gasteiger partial charge in [0.05, 0.1) is 5.69 Å². The maximum absolute atomic E-state index is 10.8. The van der Waals surface area contributed by atoms with Crippen molar-refractivity contribution in [2.75, 3.05) is 0 Å². The number of aromatic amines is 1. The van der Waals surface area contributed by atoms with Crippen molar-refractivity contribution < 1.29 is 4.42 Å². The number of rotatable bonds is 2. The SMILES string of the molecule is C/C=C\c1[nH]c(=O)oc1/C=C\C.CC. The molecule has 0 saturated heterocycles. The van der Waals surface area contributed by atoms with Crippen LogP contribution in [0.1, 0.15) is 39.1 Å². The van der Waals surface area contributed by atoms with Crippen LogP contribution in [0.3, 0.4) is 0 Å². The van der Waals surface area contributed by atoms with Crippen LogP contribution >= 0.6 is 0 Å². The van der Waals surface area contributed by atoms with Crippen molar-refractivity contribution >= 4 is 12.2 Å². The zero-order valence-corrected chi connectivity index (χ0v) is 9.13. The second-order valence-electron chi connectivity index (χ2n) is 2.29. The van der Waals surface area contributed by atoms with Crippen LogP contribution < -0.4 is 5.76 Å². The van der Waals surface area contributed by atoms with E-state index in [0.717, 1.165) is 0 Å². The van der Waals surface area contributed by atoms with Gasteiger partial charge >= 0.3 is 5.76 Å². The van der Waals surface area contributed by atoms with Crippen LogP contribution in [0, 0.1) is 0 Å². The van der Waals surface area contributed by atoms with Crippen LogP contribution in [-0.2, 0) is 0 Å². The summed E-state index contributed by atoms with van der Waals surface area (Å²) < 4.78 is 4.86. The number of hydrogen-bond donors (Lipinski definition) is 1. The lowest BCUT2D eigenvalue weighted by molar-refractivity contribution is 0.506. The summed E-state index contributed by atoms with van der Waals surface area (Å²) in [4.78, 5) is 13.3. The fraction of sp³-hybridized carbons (Fsp3) is 0.364. The molecule has 0 fully saturated rings. The van der Waals surface area contributed by atoms with Crippen molar-refractivity contribution in [1.82, 2.24) is 4.98 Å². The summed E-state index contributed by atoms with van der Waals surface area (Å²) >= 11 is 0. The van der Waals surface area contributed by atoms with E-state index in [1.165, 1.54) is 0 Å². The maximum Gasteiger partial charge on any atom is 0.417 e. The second-order valence-corrected chi connectivity index (χ2v) is 2.29. The molecule has 0 radical (unpaired) electrons. The first-order valence-electron chi connectivity index (χ1n) is 4.76. The summed E-state index contributed by atoms with van der Waals surface area (Å²) in [6.07, 6.45) is 7.19. The topological polar surface area (TPSA) is 46.0 Å². The van der Waals surface area contributed by atoms with E-state index in [2.05, 4.69) is 4.98 Å². The van der Waals surface area contributed by atoms with E-state index in [-0.39, 0.29) is 0 Å². The van der Waals surface area contributed by atoms with E-state index in [1.807, 2.05) is 39.8 Å². The van der Waals surface area contributed by atoms with Crippen LogP contribution in [-0.4, -0.2) is 4.98 Å². The Labute approximate surface area is 84.2 Å². The number of oxazole rings is 1. The standard InChI is InChI=1S/C9H11NO2.C2H6/c1-3-5-7-8(6-4-2)12-9(11)10-7;1-2/h3-6H,1-2H3,(H,10,11);1-2H3/b5-3-,6-4-;. The van der Waals surface area contributed by atoms with Crippen molar-refractivity contribution in [3.63, 3.8) is 0 Å². The number of hydrogen-bond acceptors (Lipinski definition) is 2. The van der Waals surface area contributed by atoms with Gasteiger partial charge in [0.15, 0.2) is 5.76 Å². The lowest BCUT2D eigenvalue weighted by atomic mass is 10.3. The predicted octanol–water partition coefficient (Wildman–Crippen LogP) is 3.06. The number of aromatic nitrogens is 1. The van der Waals surface area contributed by atoms with Gasteiger partial charge in [-0.25, -0.2) is 4.79 Å². The van der Waals surface area contributed by atoms with Crippen molar-refractivity contribution in [2.24, 2.45) is 0 Å². The van der Waals surface area contributed by atoms with Crippen LogP contribution in [0.2, 0.25) is 0 Å². The minimum absolute atomic E-state index is 0.420. The third kappa shape index (κ3) is 3.47. The molecule has 3 nitrogen and oxygen atoms in total. The highest BCUT2D eigenvalue weighted by atomic mass is 16.4. The van der Waals surface area contributed by atoms with E-state index in [0.29, 0.717) is 11.5 Å². The Hall–Kier alpha value is -1.51. The van der Waals surface area contributed by atoms with Crippen molar-refractivity contribution in [2.45, 2.75) is 27.7 Å². The summed E-state index contributed by atoms with van der Waals surface area (Å²) in [5, 5.41) is 0. The minimum atomic E-state index is -0.420. The predicted molar refractivity (Wildman–Crippen MR) is 60.1 cm³/mol. The molecule has 1 rings (SSSR count). The van der Waals surface area contributed by atoms with E-state index < -0.39 is 5.76 Å². The Balaban J connectivity index is 0.000000791. The van der Waals surface area contributed by atoms with Crippen LogP contribution in [0.4, 0.5) is 0 Å². The van der Waals surface area contributed by atoms with Crippen molar-refractivity contribution in [3.8, 4) is 0 Å². The molecule has 78 valence electrons. The number of allylic oxidation sites excluding steroid dienone is 2. The fourth-order valence-electron chi connectivity index (χ4n) is 0.918. The largest absolute Gasteiger partial charge is 0.417 e. The highest BCUT2D eigenvalue weighted by molar-refractivity contribution is 5.57. The summed E-state index contributed by atoms with van der Waals surface area (Å²) in [7, 11) is 0. The Morgan fingerprint density at radius 3 is 2.21 bits per heavy atom. The lowest BCUT2D eigenvalue weighted by Crippen LogP contribution is -1.94. The lowest BCUT2D eigenvalue weighted by Gasteiger charge is -1.85. The molecule has 0 atom stereocenters. The van der Waals surface area contributed by atoms with Gasteiger partial charge in [-0.05, 0) is 26.0 Å². The van der Waals surface area contributed by atoms with Gasteiger partial charge in [0.1, 0.15) is 0 Å². The van der Waals surface area contributed by atoms with E-state index in [1.54, 1.807) is 12.2 Å². The fourth-order valence-corrected chi connectivity index (χ4v) is 0.918. The normalized spacial score (nSPS) is 10.6. The third-order valence-electron chi connectivity index (χ3n) is 1.36. The number of nitrogens with one attached hydrogen (secondary N) is 1. The summed E-state index contributed by atoms with van der Waals surface area (Å²) in [6, 6.07) is 0. The molecule has 1 aromatic heterocycles. The monoisotopic (exact) mass is 195 g/mol. The van der Waals surface area contributed by atoms with Crippen LogP contribution in [0.15, 0.2) is 21.4 Å². The van der Waals surface area contributed by atoms with E-state index >= 15 is 0 Å². The van der Waals surface area contributed by atoms with Gasteiger partial charge in [-0.3, -0.25) is 4.98 Å². The first-order chi connectivity index (χ1) is 6.77. The molecular weight excluding hydrogens is 178 g/mol. The molecule has 0 saturated carbocycles. The molecule has 0 aliphatic carbocycles. The third-order valence-corrected chi connectivity index (χ3v) is 1.36. The number of H-pyrrole nitrogens is 1. The Morgan fingerprint density at radius 1 is 1.14 bits per heavy atom. The van der Waals surface area contributed by atoms with Gasteiger partial charge in [-0.15, -0.1) is 0 Å². The second kappa shape index (κ2) is 6.95. The molecule has 3 heteroatoms. The van der Waals surface area contributed by atoms with Gasteiger partial charge in [-0.1, -0.05) is 26.0 Å². The highest BCUT2D eigenvalue weighted by Crippen LogP contribution is 2.07. The first-order valence-corrected chi connectivity index (χ1v) is 4.76. The Bertz CT molecular complexity index is 323. The molecular formula is C11H17NO2. The van der Waals surface area contributed by atoms with Crippen LogP contribution in [0.5, 0.6) is 0 Å². The van der Waals surface area contributed by atoms with Crippen molar-refractivity contribution in [3.05, 3.63) is 34.2 Å². The van der Waals surface area contributed by atoms with E-state index in [4.69, 9.17) is 4.42 Å². The molecule has 1 heterocycles. The maximum atomic E-state index is 10.8. The molecule has 0 unspecified atom stereocenters. The first kappa shape index (κ1) is 12.5. The minimum Gasteiger partial charge on any atom is -0.408 e. The summed E-state index contributed by atoms with van der Waals surface area (Å²) in [5.74, 6) is 0.150. The molecule has 0 aliphatic heterocycles.